The first kappa shape index (κ1) is 19.6. The van der Waals surface area contributed by atoms with Crippen molar-refractivity contribution in [1.29, 1.82) is 0 Å². The standard InChI is InChI=1S/C21H34N6O/c1-16-7-11-26(12-8-16)15-20-23-24-25-27(20)10-2-3-21(28)22-9-6-19-14-17-4-5-18(19)13-17/h4-5,16-19H,2-3,6-15H2,1H3,(H,22,28)/t17-,18+,19-/m1/s1. The number of allylic oxidation sites excluding steroid dienone is 2. The van der Waals surface area contributed by atoms with Crippen LogP contribution in [-0.4, -0.2) is 50.6 Å². The minimum atomic E-state index is 0.151. The van der Waals surface area contributed by atoms with Crippen LogP contribution in [0, 0.1) is 23.7 Å². The number of rotatable bonds is 9. The molecule has 3 atom stereocenters. The molecule has 1 saturated carbocycles. The minimum absolute atomic E-state index is 0.151. The SMILES string of the molecule is CC1CCN(Cc2nnnn2CCCC(=O)NCC[C@@H]2C[C@@H]3C=C[C@H]2C3)CC1. The van der Waals surface area contributed by atoms with E-state index in [0.717, 1.165) is 68.5 Å². The summed E-state index contributed by atoms with van der Waals surface area (Å²) in [6.45, 7) is 6.89. The molecule has 3 aliphatic rings. The van der Waals surface area contributed by atoms with Crippen LogP contribution in [0.5, 0.6) is 0 Å². The largest absolute Gasteiger partial charge is 0.356 e. The summed E-state index contributed by atoms with van der Waals surface area (Å²) in [5.41, 5.74) is 0. The van der Waals surface area contributed by atoms with Crippen LogP contribution in [0.3, 0.4) is 0 Å². The average molecular weight is 387 g/mol. The molecule has 0 unspecified atom stereocenters. The summed E-state index contributed by atoms with van der Waals surface area (Å²) in [4.78, 5) is 14.6. The van der Waals surface area contributed by atoms with Crippen molar-refractivity contribution in [3.63, 3.8) is 0 Å². The van der Waals surface area contributed by atoms with Crippen molar-refractivity contribution in [2.45, 2.75) is 65.0 Å². The zero-order valence-electron chi connectivity index (χ0n) is 17.1. The van der Waals surface area contributed by atoms with Gasteiger partial charge in [0.2, 0.25) is 5.91 Å². The Morgan fingerprint density at radius 3 is 2.86 bits per heavy atom. The summed E-state index contributed by atoms with van der Waals surface area (Å²) in [5, 5.41) is 15.3. The Hall–Kier alpha value is -1.76. The molecular formula is C21H34N6O. The number of nitrogens with one attached hydrogen (secondary N) is 1. The van der Waals surface area contributed by atoms with Gasteiger partial charge in [-0.1, -0.05) is 19.1 Å². The molecule has 2 fully saturated rings. The summed E-state index contributed by atoms with van der Waals surface area (Å²) < 4.78 is 1.87. The van der Waals surface area contributed by atoms with E-state index in [4.69, 9.17) is 0 Å². The first-order chi connectivity index (χ1) is 13.7. The normalized spacial score (nSPS) is 27.5. The summed E-state index contributed by atoms with van der Waals surface area (Å²) in [7, 11) is 0. The van der Waals surface area contributed by atoms with Gasteiger partial charge >= 0.3 is 0 Å². The molecule has 1 aromatic rings. The van der Waals surface area contributed by atoms with Gasteiger partial charge < -0.3 is 5.32 Å². The molecule has 28 heavy (non-hydrogen) atoms. The van der Waals surface area contributed by atoms with Gasteiger partial charge in [-0.2, -0.15) is 0 Å². The molecule has 1 N–H and O–H groups in total. The van der Waals surface area contributed by atoms with Crippen LogP contribution in [0.2, 0.25) is 0 Å². The second-order valence-electron chi connectivity index (χ2n) is 9.06. The molecule has 7 nitrogen and oxygen atoms in total. The van der Waals surface area contributed by atoms with E-state index in [-0.39, 0.29) is 5.91 Å². The third-order valence-electron chi connectivity index (χ3n) is 6.87. The quantitative estimate of drug-likeness (QED) is 0.660. The van der Waals surface area contributed by atoms with Crippen LogP contribution in [0.15, 0.2) is 12.2 Å². The molecule has 7 heteroatoms. The smallest absolute Gasteiger partial charge is 0.220 e. The number of hydrogen-bond donors (Lipinski definition) is 1. The molecule has 1 aromatic heterocycles. The molecule has 2 bridgehead atoms. The van der Waals surface area contributed by atoms with E-state index < -0.39 is 0 Å². The highest BCUT2D eigenvalue weighted by Gasteiger charge is 2.34. The highest BCUT2D eigenvalue weighted by molar-refractivity contribution is 5.75. The second kappa shape index (κ2) is 9.16. The van der Waals surface area contributed by atoms with E-state index in [2.05, 4.69) is 44.8 Å². The number of amides is 1. The van der Waals surface area contributed by atoms with Gasteiger partial charge in [0.15, 0.2) is 5.82 Å². The number of likely N-dealkylation sites (tertiary alicyclic amines) is 1. The topological polar surface area (TPSA) is 75.9 Å². The number of aryl methyl sites for hydroxylation is 1. The zero-order chi connectivity index (χ0) is 19.3. The molecule has 1 amide bonds. The number of aromatic nitrogens is 4. The number of tetrazole rings is 1. The minimum Gasteiger partial charge on any atom is -0.356 e. The Bertz CT molecular complexity index is 678. The van der Waals surface area contributed by atoms with Crippen molar-refractivity contribution < 1.29 is 4.79 Å². The molecule has 0 aromatic carbocycles. The predicted octanol–water partition coefficient (Wildman–Crippen LogP) is 2.40. The number of hydrogen-bond acceptors (Lipinski definition) is 5. The highest BCUT2D eigenvalue weighted by atomic mass is 16.1. The summed E-state index contributed by atoms with van der Waals surface area (Å²) in [6.07, 6.45) is 12.3. The lowest BCUT2D eigenvalue weighted by molar-refractivity contribution is -0.121. The Labute approximate surface area is 167 Å². The van der Waals surface area contributed by atoms with Crippen LogP contribution in [-0.2, 0) is 17.9 Å². The lowest BCUT2D eigenvalue weighted by atomic mass is 9.91. The summed E-state index contributed by atoms with van der Waals surface area (Å²) in [6, 6.07) is 0. The molecular weight excluding hydrogens is 352 g/mol. The Morgan fingerprint density at radius 2 is 2.11 bits per heavy atom. The van der Waals surface area contributed by atoms with E-state index in [0.29, 0.717) is 13.0 Å². The van der Waals surface area contributed by atoms with E-state index >= 15 is 0 Å². The molecule has 0 spiro atoms. The van der Waals surface area contributed by atoms with Gasteiger partial charge in [-0.3, -0.25) is 9.69 Å². The van der Waals surface area contributed by atoms with Crippen molar-refractivity contribution in [3.8, 4) is 0 Å². The van der Waals surface area contributed by atoms with Gasteiger partial charge in [0.1, 0.15) is 0 Å². The molecule has 2 aliphatic carbocycles. The van der Waals surface area contributed by atoms with E-state index in [1.165, 1.54) is 25.7 Å². The fraction of sp³-hybridized carbons (Fsp3) is 0.810. The van der Waals surface area contributed by atoms with Crippen LogP contribution in [0.25, 0.3) is 0 Å². The van der Waals surface area contributed by atoms with Gasteiger partial charge in [0, 0.05) is 19.5 Å². The molecule has 1 aliphatic heterocycles. The van der Waals surface area contributed by atoms with Crippen LogP contribution in [0.1, 0.15) is 57.7 Å². The first-order valence-corrected chi connectivity index (χ1v) is 11.1. The third-order valence-corrected chi connectivity index (χ3v) is 6.87. The van der Waals surface area contributed by atoms with Gasteiger partial charge in [0.25, 0.3) is 0 Å². The number of carbonyl (C=O) groups is 1. The van der Waals surface area contributed by atoms with Crippen molar-refractivity contribution in [3.05, 3.63) is 18.0 Å². The summed E-state index contributed by atoms with van der Waals surface area (Å²) >= 11 is 0. The third kappa shape index (κ3) is 4.99. The van der Waals surface area contributed by atoms with Crippen LogP contribution in [0.4, 0.5) is 0 Å². The maximum atomic E-state index is 12.1. The summed E-state index contributed by atoms with van der Waals surface area (Å²) in [5.74, 6) is 4.24. The predicted molar refractivity (Wildman–Crippen MR) is 107 cm³/mol. The van der Waals surface area contributed by atoms with Crippen molar-refractivity contribution in [2.75, 3.05) is 19.6 Å². The number of carbonyl (C=O) groups excluding carboxylic acids is 1. The van der Waals surface area contributed by atoms with Gasteiger partial charge in [-0.25, -0.2) is 4.68 Å². The van der Waals surface area contributed by atoms with E-state index in [9.17, 15) is 4.79 Å². The zero-order valence-corrected chi connectivity index (χ0v) is 17.1. The number of nitrogens with zero attached hydrogens (tertiary/aromatic N) is 5. The van der Waals surface area contributed by atoms with Gasteiger partial charge in [0.05, 0.1) is 6.54 Å². The highest BCUT2D eigenvalue weighted by Crippen LogP contribution is 2.44. The van der Waals surface area contributed by atoms with E-state index in [1.807, 2.05) is 4.68 Å². The average Bonchev–Trinajstić information content (AvgIpc) is 3.41. The Balaban J connectivity index is 1.12. The molecule has 2 heterocycles. The maximum Gasteiger partial charge on any atom is 0.220 e. The lowest BCUT2D eigenvalue weighted by Gasteiger charge is -2.29. The number of piperidine rings is 1. The van der Waals surface area contributed by atoms with E-state index in [1.54, 1.807) is 0 Å². The van der Waals surface area contributed by atoms with Gasteiger partial charge in [-0.05, 0) is 85.7 Å². The fourth-order valence-corrected chi connectivity index (χ4v) is 5.03. The van der Waals surface area contributed by atoms with Crippen molar-refractivity contribution in [2.24, 2.45) is 23.7 Å². The molecule has 154 valence electrons. The molecule has 4 rings (SSSR count). The lowest BCUT2D eigenvalue weighted by Crippen LogP contribution is -2.33. The monoisotopic (exact) mass is 386 g/mol. The van der Waals surface area contributed by atoms with Crippen LogP contribution < -0.4 is 5.32 Å². The number of fused-ring (bicyclic) bond motifs is 2. The van der Waals surface area contributed by atoms with Crippen LogP contribution >= 0.6 is 0 Å². The molecule has 0 radical (unpaired) electrons. The second-order valence-corrected chi connectivity index (χ2v) is 9.06. The Morgan fingerprint density at radius 1 is 1.25 bits per heavy atom. The van der Waals surface area contributed by atoms with Crippen molar-refractivity contribution in [1.82, 2.24) is 30.4 Å². The maximum absolute atomic E-state index is 12.1. The fourth-order valence-electron chi connectivity index (χ4n) is 5.03. The van der Waals surface area contributed by atoms with Gasteiger partial charge in [-0.15, -0.1) is 5.10 Å². The first-order valence-electron chi connectivity index (χ1n) is 11.1. The van der Waals surface area contributed by atoms with Crippen molar-refractivity contribution >= 4 is 5.91 Å². The molecule has 1 saturated heterocycles. The Kier molecular flexibility index (Phi) is 6.40.